The van der Waals surface area contributed by atoms with Crippen molar-refractivity contribution in [3.8, 4) is 11.1 Å². The molecule has 0 aliphatic rings. The summed E-state index contributed by atoms with van der Waals surface area (Å²) in [6.45, 7) is 0. The van der Waals surface area contributed by atoms with Gasteiger partial charge in [0.2, 0.25) is 0 Å². The smallest absolute Gasteiger partial charge is 0.344 e. The van der Waals surface area contributed by atoms with Gasteiger partial charge in [0.1, 0.15) is 11.6 Å². The number of rotatable bonds is 6. The minimum Gasteiger partial charge on any atom is -0.480 e. The molecule has 0 aliphatic heterocycles. The SMILES string of the molecule is O=C(N[C@@H](Cc1ccc(-c2cc3ccccc3oc2=O)c2ncccc12)C(=O)O)c1c(Cl)cccc1Cl. The predicted octanol–water partition coefficient (Wildman–Crippen LogP) is 5.74. The summed E-state index contributed by atoms with van der Waals surface area (Å²) in [5, 5.41) is 14.0. The molecule has 2 heterocycles. The fraction of sp³-hybridized carbons (Fsp3) is 0.0714. The number of aromatic nitrogens is 1. The highest BCUT2D eigenvalue weighted by Crippen LogP contribution is 2.30. The molecular weight excluding hydrogens is 515 g/mol. The Balaban J connectivity index is 1.53. The molecule has 2 aromatic heterocycles. The van der Waals surface area contributed by atoms with Gasteiger partial charge in [-0.05, 0) is 35.9 Å². The molecule has 0 aliphatic carbocycles. The standard InChI is InChI=1S/C28H18Cl2N2O5/c29-20-7-3-8-21(30)24(20)26(33)32-22(27(34)35)14-15-10-11-18(25-17(15)6-4-12-31-25)19-13-16-5-1-2-9-23(16)37-28(19)36/h1-13,22H,14H2,(H,32,33)(H,34,35)/t22-/m0/s1. The molecule has 0 fully saturated rings. The fourth-order valence-corrected chi connectivity index (χ4v) is 4.81. The molecule has 3 aromatic carbocycles. The monoisotopic (exact) mass is 532 g/mol. The summed E-state index contributed by atoms with van der Waals surface area (Å²) in [5.74, 6) is -1.93. The molecule has 5 aromatic rings. The number of carboxylic acid groups (broad SMARTS) is 1. The summed E-state index contributed by atoms with van der Waals surface area (Å²) in [4.78, 5) is 42.2. The third-order valence-electron chi connectivity index (χ3n) is 6.01. The second kappa shape index (κ2) is 10.0. The first-order valence-electron chi connectivity index (χ1n) is 11.2. The molecule has 0 spiro atoms. The van der Waals surface area contributed by atoms with Gasteiger partial charge in [0.15, 0.2) is 0 Å². The molecule has 0 bridgehead atoms. The number of nitrogens with one attached hydrogen (secondary N) is 1. The van der Waals surface area contributed by atoms with Gasteiger partial charge in [-0.2, -0.15) is 0 Å². The molecule has 37 heavy (non-hydrogen) atoms. The Morgan fingerprint density at radius 1 is 0.946 bits per heavy atom. The van der Waals surface area contributed by atoms with E-state index in [9.17, 15) is 19.5 Å². The molecule has 9 heteroatoms. The Labute approximate surface area is 220 Å². The summed E-state index contributed by atoms with van der Waals surface area (Å²) in [6, 6.07) is 19.2. The molecule has 2 N–H and O–H groups in total. The van der Waals surface area contributed by atoms with Gasteiger partial charge in [0.05, 0.1) is 26.7 Å². The highest BCUT2D eigenvalue weighted by atomic mass is 35.5. The van der Waals surface area contributed by atoms with Gasteiger partial charge in [-0.3, -0.25) is 9.78 Å². The third-order valence-corrected chi connectivity index (χ3v) is 6.64. The number of para-hydroxylation sites is 1. The van der Waals surface area contributed by atoms with Crippen LogP contribution in [0.5, 0.6) is 0 Å². The van der Waals surface area contributed by atoms with Crippen LogP contribution in [0.1, 0.15) is 15.9 Å². The lowest BCUT2D eigenvalue weighted by molar-refractivity contribution is -0.139. The molecule has 0 radical (unpaired) electrons. The number of pyridine rings is 1. The molecular formula is C28H18Cl2N2O5. The zero-order valence-electron chi connectivity index (χ0n) is 19.1. The molecule has 0 saturated carbocycles. The quantitative estimate of drug-likeness (QED) is 0.270. The van der Waals surface area contributed by atoms with E-state index in [4.69, 9.17) is 27.6 Å². The fourth-order valence-electron chi connectivity index (χ4n) is 4.24. The normalized spacial score (nSPS) is 11.9. The van der Waals surface area contributed by atoms with Crippen LogP contribution in [-0.2, 0) is 11.2 Å². The second-order valence-corrected chi connectivity index (χ2v) is 9.14. The molecule has 1 amide bonds. The van der Waals surface area contributed by atoms with Crippen molar-refractivity contribution in [2.24, 2.45) is 0 Å². The third kappa shape index (κ3) is 4.79. The number of carbonyl (C=O) groups excluding carboxylic acids is 1. The Morgan fingerprint density at radius 2 is 1.70 bits per heavy atom. The van der Waals surface area contributed by atoms with Crippen LogP contribution in [0.25, 0.3) is 33.0 Å². The number of fused-ring (bicyclic) bond motifs is 2. The maximum Gasteiger partial charge on any atom is 0.344 e. The van der Waals surface area contributed by atoms with Gasteiger partial charge in [-0.1, -0.05) is 65.7 Å². The lowest BCUT2D eigenvalue weighted by atomic mass is 9.95. The Hall–Kier alpha value is -4.20. The Kier molecular flexibility index (Phi) is 6.65. The van der Waals surface area contributed by atoms with Gasteiger partial charge >= 0.3 is 11.6 Å². The van der Waals surface area contributed by atoms with Gasteiger partial charge in [-0.25, -0.2) is 9.59 Å². The van der Waals surface area contributed by atoms with Crippen molar-refractivity contribution in [2.75, 3.05) is 0 Å². The van der Waals surface area contributed by atoms with Crippen molar-refractivity contribution in [2.45, 2.75) is 12.5 Å². The number of nitrogens with zero attached hydrogens (tertiary/aromatic N) is 1. The number of halogens is 2. The summed E-state index contributed by atoms with van der Waals surface area (Å²) >= 11 is 12.2. The lowest BCUT2D eigenvalue weighted by Gasteiger charge is -2.17. The van der Waals surface area contributed by atoms with Crippen molar-refractivity contribution in [1.29, 1.82) is 0 Å². The molecule has 7 nitrogen and oxygen atoms in total. The number of hydrogen-bond donors (Lipinski definition) is 2. The zero-order valence-corrected chi connectivity index (χ0v) is 20.6. The van der Waals surface area contributed by atoms with Crippen LogP contribution in [-0.4, -0.2) is 28.0 Å². The van der Waals surface area contributed by atoms with E-state index in [1.54, 1.807) is 54.7 Å². The zero-order chi connectivity index (χ0) is 26.1. The first-order valence-corrected chi connectivity index (χ1v) is 12.0. The second-order valence-electron chi connectivity index (χ2n) is 8.32. The van der Waals surface area contributed by atoms with E-state index in [0.717, 1.165) is 5.39 Å². The highest BCUT2D eigenvalue weighted by molar-refractivity contribution is 6.39. The molecule has 1 atom stereocenters. The van der Waals surface area contributed by atoms with Crippen LogP contribution in [0.15, 0.2) is 88.2 Å². The van der Waals surface area contributed by atoms with Crippen LogP contribution in [0.3, 0.4) is 0 Å². The topological polar surface area (TPSA) is 110 Å². The average Bonchev–Trinajstić information content (AvgIpc) is 2.88. The van der Waals surface area contributed by atoms with E-state index in [1.165, 1.54) is 12.1 Å². The lowest BCUT2D eigenvalue weighted by Crippen LogP contribution is -2.42. The number of hydrogen-bond acceptors (Lipinski definition) is 5. The highest BCUT2D eigenvalue weighted by Gasteiger charge is 2.25. The number of benzene rings is 3. The van der Waals surface area contributed by atoms with E-state index in [1.807, 2.05) is 12.1 Å². The number of carboxylic acids is 1. The predicted molar refractivity (Wildman–Crippen MR) is 142 cm³/mol. The molecule has 0 saturated heterocycles. The van der Waals surface area contributed by atoms with E-state index in [0.29, 0.717) is 33.2 Å². The minimum absolute atomic E-state index is 0.00184. The van der Waals surface area contributed by atoms with Crippen molar-refractivity contribution < 1.29 is 19.1 Å². The van der Waals surface area contributed by atoms with Crippen LogP contribution in [0.2, 0.25) is 10.0 Å². The minimum atomic E-state index is -1.28. The van der Waals surface area contributed by atoms with E-state index in [2.05, 4.69) is 10.3 Å². The van der Waals surface area contributed by atoms with Crippen molar-refractivity contribution in [3.05, 3.63) is 111 Å². The van der Waals surface area contributed by atoms with Crippen LogP contribution in [0, 0.1) is 0 Å². The first-order chi connectivity index (χ1) is 17.8. The van der Waals surface area contributed by atoms with E-state index < -0.39 is 23.5 Å². The van der Waals surface area contributed by atoms with Crippen LogP contribution in [0.4, 0.5) is 0 Å². The summed E-state index contributed by atoms with van der Waals surface area (Å²) in [5.41, 5.74) is 1.99. The number of carbonyl (C=O) groups is 2. The van der Waals surface area contributed by atoms with Gasteiger partial charge in [-0.15, -0.1) is 0 Å². The average molecular weight is 533 g/mol. The van der Waals surface area contributed by atoms with E-state index >= 15 is 0 Å². The maximum absolute atomic E-state index is 12.8. The largest absolute Gasteiger partial charge is 0.480 e. The van der Waals surface area contributed by atoms with Crippen molar-refractivity contribution >= 4 is 57.0 Å². The maximum atomic E-state index is 12.8. The van der Waals surface area contributed by atoms with Crippen molar-refractivity contribution in [1.82, 2.24) is 10.3 Å². The Bertz CT molecular complexity index is 1730. The summed E-state index contributed by atoms with van der Waals surface area (Å²) < 4.78 is 5.50. The van der Waals surface area contributed by atoms with Gasteiger partial charge in [0, 0.05) is 29.0 Å². The molecule has 5 rings (SSSR count). The Morgan fingerprint density at radius 3 is 2.46 bits per heavy atom. The summed E-state index contributed by atoms with van der Waals surface area (Å²) in [7, 11) is 0. The van der Waals surface area contributed by atoms with Gasteiger partial charge in [0.25, 0.3) is 5.91 Å². The van der Waals surface area contributed by atoms with Crippen molar-refractivity contribution in [3.63, 3.8) is 0 Å². The van der Waals surface area contributed by atoms with Crippen LogP contribution >= 0.6 is 23.2 Å². The number of amides is 1. The van der Waals surface area contributed by atoms with Crippen LogP contribution < -0.4 is 10.9 Å². The summed E-state index contributed by atoms with van der Waals surface area (Å²) in [6.07, 6.45) is 1.55. The first kappa shape index (κ1) is 24.5. The van der Waals surface area contributed by atoms with E-state index in [-0.39, 0.29) is 22.0 Å². The van der Waals surface area contributed by atoms with Gasteiger partial charge < -0.3 is 14.8 Å². The molecule has 184 valence electrons. The number of aliphatic carboxylic acids is 1. The molecule has 0 unspecified atom stereocenters.